The van der Waals surface area contributed by atoms with Gasteiger partial charge in [-0.25, -0.2) is 4.98 Å². The Hall–Kier alpha value is -3.61. The molecule has 0 saturated carbocycles. The highest BCUT2D eigenvalue weighted by atomic mass is 16.6. The summed E-state index contributed by atoms with van der Waals surface area (Å²) in [5, 5.41) is 2.08. The van der Waals surface area contributed by atoms with Crippen molar-refractivity contribution >= 4 is 28.5 Å². The predicted molar refractivity (Wildman–Crippen MR) is 143 cm³/mol. The lowest BCUT2D eigenvalue weighted by atomic mass is 9.84. The van der Waals surface area contributed by atoms with Gasteiger partial charge in [-0.1, -0.05) is 30.3 Å². The monoisotopic (exact) mass is 502 g/mol. The number of rotatable bonds is 7. The van der Waals surface area contributed by atoms with E-state index in [-0.39, 0.29) is 26.1 Å². The Kier molecular flexibility index (Phi) is 7.04. The van der Waals surface area contributed by atoms with E-state index in [1.54, 1.807) is 21.0 Å². The molecule has 7 heteroatoms. The van der Waals surface area contributed by atoms with E-state index in [1.165, 1.54) is 6.42 Å². The van der Waals surface area contributed by atoms with Gasteiger partial charge in [-0.3, -0.25) is 9.59 Å². The third-order valence-corrected chi connectivity index (χ3v) is 7.53. The van der Waals surface area contributed by atoms with Gasteiger partial charge in [-0.15, -0.1) is 0 Å². The Morgan fingerprint density at radius 3 is 2.32 bits per heavy atom. The van der Waals surface area contributed by atoms with Crippen LogP contribution in [0.5, 0.6) is 5.75 Å². The SMILES string of the molecule is CCOC(=O)C1(C(=O)OCC)Cc2cc(N3CCCCC3)nc(-c3c(OC)ccc4ccccc34)c2C1. The van der Waals surface area contributed by atoms with Gasteiger partial charge in [-0.05, 0) is 67.1 Å². The number of piperidine rings is 1. The first-order chi connectivity index (χ1) is 18.0. The molecule has 2 aliphatic rings. The molecule has 1 aliphatic carbocycles. The molecule has 0 bridgehead atoms. The molecule has 37 heavy (non-hydrogen) atoms. The molecule has 0 atom stereocenters. The lowest BCUT2D eigenvalue weighted by Gasteiger charge is -2.29. The van der Waals surface area contributed by atoms with E-state index in [1.807, 2.05) is 24.3 Å². The minimum absolute atomic E-state index is 0.176. The van der Waals surface area contributed by atoms with Gasteiger partial charge in [0.15, 0.2) is 5.41 Å². The molecule has 1 fully saturated rings. The zero-order valence-corrected chi connectivity index (χ0v) is 21.8. The van der Waals surface area contributed by atoms with Gasteiger partial charge in [0, 0.05) is 25.9 Å². The zero-order chi connectivity index (χ0) is 26.0. The van der Waals surface area contributed by atoms with E-state index in [4.69, 9.17) is 19.2 Å². The molecular weight excluding hydrogens is 468 g/mol. The Morgan fingerprint density at radius 2 is 1.65 bits per heavy atom. The van der Waals surface area contributed by atoms with Gasteiger partial charge in [0.1, 0.15) is 11.6 Å². The molecule has 2 aromatic carbocycles. The maximum Gasteiger partial charge on any atom is 0.324 e. The van der Waals surface area contributed by atoms with Crippen molar-refractivity contribution < 1.29 is 23.8 Å². The highest BCUT2D eigenvalue weighted by Gasteiger charge is 2.54. The van der Waals surface area contributed by atoms with Crippen molar-refractivity contribution in [1.82, 2.24) is 4.98 Å². The van der Waals surface area contributed by atoms with Crippen LogP contribution in [0, 0.1) is 5.41 Å². The number of methoxy groups -OCH3 is 1. The first-order valence-electron chi connectivity index (χ1n) is 13.2. The van der Waals surface area contributed by atoms with Crippen molar-refractivity contribution in [3.05, 3.63) is 53.6 Å². The number of esters is 2. The normalized spacial score (nSPS) is 16.4. The summed E-state index contributed by atoms with van der Waals surface area (Å²) in [6, 6.07) is 14.2. The van der Waals surface area contributed by atoms with E-state index in [9.17, 15) is 9.59 Å². The highest BCUT2D eigenvalue weighted by Crippen LogP contribution is 2.47. The van der Waals surface area contributed by atoms with Crippen LogP contribution in [0.1, 0.15) is 44.2 Å². The third kappa shape index (κ3) is 4.41. The molecular formula is C30H34N2O5. The van der Waals surface area contributed by atoms with Crippen molar-refractivity contribution in [3.63, 3.8) is 0 Å². The van der Waals surface area contributed by atoms with Crippen molar-refractivity contribution in [2.45, 2.75) is 46.0 Å². The number of ether oxygens (including phenoxy) is 3. The third-order valence-electron chi connectivity index (χ3n) is 7.53. The summed E-state index contributed by atoms with van der Waals surface area (Å²) >= 11 is 0. The molecule has 1 aliphatic heterocycles. The van der Waals surface area contributed by atoms with Crippen molar-refractivity contribution in [3.8, 4) is 17.0 Å². The molecule has 0 unspecified atom stereocenters. The molecule has 194 valence electrons. The summed E-state index contributed by atoms with van der Waals surface area (Å²) in [6.07, 6.45) is 3.83. The van der Waals surface area contributed by atoms with Crippen LogP contribution in [0.15, 0.2) is 42.5 Å². The van der Waals surface area contributed by atoms with Crippen LogP contribution >= 0.6 is 0 Å². The Labute approximate surface area is 217 Å². The Bertz CT molecular complexity index is 1310. The molecule has 1 aromatic heterocycles. The van der Waals surface area contributed by atoms with Crippen molar-refractivity contribution in [2.75, 3.05) is 38.3 Å². The first kappa shape index (κ1) is 25.1. The number of fused-ring (bicyclic) bond motifs is 2. The smallest absolute Gasteiger partial charge is 0.324 e. The van der Waals surface area contributed by atoms with E-state index < -0.39 is 17.4 Å². The van der Waals surface area contributed by atoms with Crippen LogP contribution in [0.2, 0.25) is 0 Å². The fourth-order valence-electron chi connectivity index (χ4n) is 5.72. The van der Waals surface area contributed by atoms with Gasteiger partial charge in [0.25, 0.3) is 0 Å². The van der Waals surface area contributed by atoms with Gasteiger partial charge < -0.3 is 19.1 Å². The summed E-state index contributed by atoms with van der Waals surface area (Å²) in [5.41, 5.74) is 2.00. The number of hydrogen-bond donors (Lipinski definition) is 0. The zero-order valence-electron chi connectivity index (χ0n) is 21.8. The molecule has 5 rings (SSSR count). The summed E-state index contributed by atoms with van der Waals surface area (Å²) in [6.45, 7) is 5.75. The highest BCUT2D eigenvalue weighted by molar-refractivity contribution is 6.04. The van der Waals surface area contributed by atoms with Gasteiger partial charge in [0.05, 0.1) is 31.6 Å². The standard InChI is InChI=1S/C30H34N2O5/c1-4-36-28(33)30(29(34)37-5-2)18-21-17-25(32-15-9-6-10-16-32)31-27(23(21)19-30)26-22-12-8-7-11-20(22)13-14-24(26)35-3/h7-8,11-14,17H,4-6,9-10,15-16,18-19H2,1-3H3. The second-order valence-electron chi connectivity index (χ2n) is 9.76. The quantitative estimate of drug-likeness (QED) is 0.328. The summed E-state index contributed by atoms with van der Waals surface area (Å²) in [4.78, 5) is 34.2. The van der Waals surface area contributed by atoms with Crippen LogP contribution in [0.3, 0.4) is 0 Å². The number of nitrogens with zero attached hydrogens (tertiary/aromatic N) is 2. The van der Waals surface area contributed by atoms with Gasteiger partial charge in [0.2, 0.25) is 0 Å². The van der Waals surface area contributed by atoms with E-state index in [2.05, 4.69) is 23.1 Å². The molecule has 0 N–H and O–H groups in total. The van der Waals surface area contributed by atoms with Crippen LogP contribution in [0.25, 0.3) is 22.0 Å². The summed E-state index contributed by atoms with van der Waals surface area (Å²) < 4.78 is 16.7. The molecule has 1 saturated heterocycles. The van der Waals surface area contributed by atoms with E-state index in [0.29, 0.717) is 5.75 Å². The van der Waals surface area contributed by atoms with Gasteiger partial charge in [-0.2, -0.15) is 0 Å². The predicted octanol–water partition coefficient (Wildman–Crippen LogP) is 5.11. The Balaban J connectivity index is 1.75. The van der Waals surface area contributed by atoms with Crippen LogP contribution in [0.4, 0.5) is 5.82 Å². The second kappa shape index (κ2) is 10.4. The first-order valence-corrected chi connectivity index (χ1v) is 13.2. The number of carbonyl (C=O) groups is 2. The molecule has 0 amide bonds. The number of pyridine rings is 1. The molecule has 2 heterocycles. The van der Waals surface area contributed by atoms with Crippen molar-refractivity contribution in [2.24, 2.45) is 5.41 Å². The van der Waals surface area contributed by atoms with E-state index in [0.717, 1.165) is 64.9 Å². The number of anilines is 1. The maximum absolute atomic E-state index is 13.3. The second-order valence-corrected chi connectivity index (χ2v) is 9.76. The minimum atomic E-state index is -1.43. The van der Waals surface area contributed by atoms with Gasteiger partial charge >= 0.3 is 11.9 Å². The fourth-order valence-corrected chi connectivity index (χ4v) is 5.72. The molecule has 3 aromatic rings. The van der Waals surface area contributed by atoms with Crippen molar-refractivity contribution in [1.29, 1.82) is 0 Å². The number of hydrogen-bond acceptors (Lipinski definition) is 7. The molecule has 7 nitrogen and oxygen atoms in total. The Morgan fingerprint density at radius 1 is 0.946 bits per heavy atom. The van der Waals surface area contributed by atoms with Crippen LogP contribution < -0.4 is 9.64 Å². The lowest BCUT2D eigenvalue weighted by Crippen LogP contribution is -2.43. The topological polar surface area (TPSA) is 78.0 Å². The number of carbonyl (C=O) groups excluding carboxylic acids is 2. The molecule has 0 radical (unpaired) electrons. The fraction of sp³-hybridized carbons (Fsp3) is 0.433. The number of benzene rings is 2. The largest absolute Gasteiger partial charge is 0.496 e. The lowest BCUT2D eigenvalue weighted by molar-refractivity contribution is -0.171. The summed E-state index contributed by atoms with van der Waals surface area (Å²) in [5.74, 6) is 0.487. The summed E-state index contributed by atoms with van der Waals surface area (Å²) in [7, 11) is 1.66. The average molecular weight is 503 g/mol. The average Bonchev–Trinajstić information content (AvgIpc) is 3.34. The van der Waals surface area contributed by atoms with E-state index >= 15 is 0 Å². The van der Waals surface area contributed by atoms with Crippen LogP contribution in [-0.4, -0.2) is 50.3 Å². The maximum atomic E-state index is 13.3. The van der Waals surface area contributed by atoms with Crippen LogP contribution in [-0.2, 0) is 31.9 Å². The number of aromatic nitrogens is 1. The minimum Gasteiger partial charge on any atom is -0.496 e. The molecule has 0 spiro atoms.